The summed E-state index contributed by atoms with van der Waals surface area (Å²) in [5.74, 6) is -0.273. The maximum Gasteiger partial charge on any atom is 0.206 e. The van der Waals surface area contributed by atoms with Gasteiger partial charge in [-0.15, -0.1) is 0 Å². The van der Waals surface area contributed by atoms with E-state index in [1.807, 2.05) is 6.07 Å². The molecule has 0 radical (unpaired) electrons. The third-order valence-corrected chi connectivity index (χ3v) is 1.78. The Morgan fingerprint density at radius 3 is 2.31 bits per heavy atom. The zero-order chi connectivity index (χ0) is 9.84. The van der Waals surface area contributed by atoms with E-state index < -0.39 is 6.23 Å². The van der Waals surface area contributed by atoms with Gasteiger partial charge in [0.05, 0.1) is 0 Å². The number of carbonyl (C=O) groups excluding carboxylic acids is 1. The van der Waals surface area contributed by atoms with Gasteiger partial charge < -0.3 is 5.11 Å². The molecular weight excluding hydrogens is 166 g/mol. The minimum absolute atomic E-state index is 0.273. The van der Waals surface area contributed by atoms with Gasteiger partial charge in [0.2, 0.25) is 5.78 Å². The van der Waals surface area contributed by atoms with Crippen molar-refractivity contribution in [1.29, 1.82) is 0 Å². The lowest BCUT2D eigenvalue weighted by Crippen LogP contribution is -2.35. The lowest BCUT2D eigenvalue weighted by molar-refractivity contribution is 0.0330. The molecule has 0 aliphatic rings. The summed E-state index contributed by atoms with van der Waals surface area (Å²) in [4.78, 5) is 13.0. The van der Waals surface area contributed by atoms with Crippen molar-refractivity contribution in [1.82, 2.24) is 4.90 Å². The maximum absolute atomic E-state index is 11.5. The molecule has 0 fully saturated rings. The van der Waals surface area contributed by atoms with Crippen molar-refractivity contribution in [2.45, 2.75) is 6.23 Å². The molecule has 1 rings (SSSR count). The average Bonchev–Trinajstić information content (AvgIpc) is 2.17. The highest BCUT2D eigenvalue weighted by Crippen LogP contribution is 2.04. The molecule has 3 heteroatoms. The molecule has 1 aromatic rings. The minimum atomic E-state index is -1.05. The van der Waals surface area contributed by atoms with Gasteiger partial charge >= 0.3 is 0 Å². The van der Waals surface area contributed by atoms with Gasteiger partial charge in [-0.1, -0.05) is 30.3 Å². The molecule has 0 heterocycles. The monoisotopic (exact) mass is 179 g/mol. The Morgan fingerprint density at radius 1 is 1.31 bits per heavy atom. The van der Waals surface area contributed by atoms with Crippen LogP contribution in [0.25, 0.3) is 0 Å². The number of aliphatic hydroxyl groups excluding tert-OH is 1. The van der Waals surface area contributed by atoms with Crippen molar-refractivity contribution < 1.29 is 9.90 Å². The first-order valence-corrected chi connectivity index (χ1v) is 4.06. The molecule has 1 N–H and O–H groups in total. The third kappa shape index (κ3) is 2.37. The van der Waals surface area contributed by atoms with Crippen LogP contribution in [-0.4, -0.2) is 36.1 Å². The molecule has 70 valence electrons. The normalized spacial score (nSPS) is 12.9. The summed E-state index contributed by atoms with van der Waals surface area (Å²) in [5, 5.41) is 9.42. The number of hydrogen-bond donors (Lipinski definition) is 1. The first kappa shape index (κ1) is 9.89. The molecule has 0 bridgehead atoms. The van der Waals surface area contributed by atoms with Crippen LogP contribution in [0.5, 0.6) is 0 Å². The molecular formula is C10H13NO2. The number of benzene rings is 1. The van der Waals surface area contributed by atoms with Gasteiger partial charge in [0.25, 0.3) is 0 Å². The topological polar surface area (TPSA) is 40.5 Å². The zero-order valence-corrected chi connectivity index (χ0v) is 7.77. The summed E-state index contributed by atoms with van der Waals surface area (Å²) in [6.45, 7) is 0. The summed E-state index contributed by atoms with van der Waals surface area (Å²) in [6.07, 6.45) is -1.05. The summed E-state index contributed by atoms with van der Waals surface area (Å²) in [6, 6.07) is 8.76. The van der Waals surface area contributed by atoms with Gasteiger partial charge in [0.1, 0.15) is 0 Å². The van der Waals surface area contributed by atoms with Crippen LogP contribution in [0.4, 0.5) is 0 Å². The lowest BCUT2D eigenvalue weighted by Gasteiger charge is -2.16. The molecule has 3 nitrogen and oxygen atoms in total. The second-order valence-electron chi connectivity index (χ2n) is 3.07. The van der Waals surface area contributed by atoms with Crippen LogP contribution in [0, 0.1) is 0 Å². The van der Waals surface area contributed by atoms with E-state index in [4.69, 9.17) is 0 Å². The summed E-state index contributed by atoms with van der Waals surface area (Å²) < 4.78 is 0. The van der Waals surface area contributed by atoms with E-state index in [-0.39, 0.29) is 5.78 Å². The van der Waals surface area contributed by atoms with E-state index in [0.29, 0.717) is 5.56 Å². The highest BCUT2D eigenvalue weighted by molar-refractivity contribution is 5.98. The Hall–Kier alpha value is -1.19. The fourth-order valence-corrected chi connectivity index (χ4v) is 0.986. The van der Waals surface area contributed by atoms with Crippen LogP contribution in [-0.2, 0) is 0 Å². The maximum atomic E-state index is 11.5. The molecule has 0 aliphatic heterocycles. The quantitative estimate of drug-likeness (QED) is 0.550. The first-order valence-electron chi connectivity index (χ1n) is 4.06. The van der Waals surface area contributed by atoms with Crippen molar-refractivity contribution in [3.8, 4) is 0 Å². The Morgan fingerprint density at radius 2 is 1.85 bits per heavy atom. The highest BCUT2D eigenvalue weighted by atomic mass is 16.3. The predicted octanol–water partition coefficient (Wildman–Crippen LogP) is 0.749. The predicted molar refractivity (Wildman–Crippen MR) is 50.5 cm³/mol. The van der Waals surface area contributed by atoms with Crippen LogP contribution in [0.1, 0.15) is 10.4 Å². The molecule has 13 heavy (non-hydrogen) atoms. The van der Waals surface area contributed by atoms with E-state index in [0.717, 1.165) is 0 Å². The second-order valence-corrected chi connectivity index (χ2v) is 3.07. The van der Waals surface area contributed by atoms with Gasteiger partial charge in [-0.05, 0) is 14.1 Å². The molecule has 1 aromatic carbocycles. The molecule has 0 amide bonds. The van der Waals surface area contributed by atoms with Crippen LogP contribution >= 0.6 is 0 Å². The second kappa shape index (κ2) is 4.16. The Labute approximate surface area is 77.6 Å². The van der Waals surface area contributed by atoms with Gasteiger partial charge in [-0.2, -0.15) is 0 Å². The van der Waals surface area contributed by atoms with Crippen LogP contribution in [0.3, 0.4) is 0 Å². The van der Waals surface area contributed by atoms with Crippen molar-refractivity contribution >= 4 is 5.78 Å². The number of carbonyl (C=O) groups is 1. The summed E-state index contributed by atoms with van der Waals surface area (Å²) >= 11 is 0. The smallest absolute Gasteiger partial charge is 0.206 e. The van der Waals surface area contributed by atoms with Crippen molar-refractivity contribution in [2.24, 2.45) is 0 Å². The van der Waals surface area contributed by atoms with Crippen molar-refractivity contribution in [2.75, 3.05) is 14.1 Å². The standard InChI is InChI=1S/C10H13NO2/c1-11(2)10(13)9(12)8-6-4-3-5-7-8/h3-7,10,13H,1-2H3. The van der Waals surface area contributed by atoms with Gasteiger partial charge in [-0.25, -0.2) is 0 Å². The molecule has 1 unspecified atom stereocenters. The summed E-state index contributed by atoms with van der Waals surface area (Å²) in [5.41, 5.74) is 0.531. The minimum Gasteiger partial charge on any atom is -0.371 e. The molecule has 0 aromatic heterocycles. The Kier molecular flexibility index (Phi) is 3.17. The van der Waals surface area contributed by atoms with E-state index in [9.17, 15) is 9.90 Å². The SMILES string of the molecule is CN(C)C(O)C(=O)c1ccccc1. The van der Waals surface area contributed by atoms with Crippen LogP contribution < -0.4 is 0 Å². The fraction of sp³-hybridized carbons (Fsp3) is 0.300. The number of aliphatic hydroxyl groups is 1. The number of rotatable bonds is 3. The van der Waals surface area contributed by atoms with Crippen LogP contribution in [0.2, 0.25) is 0 Å². The molecule has 0 saturated carbocycles. The number of likely N-dealkylation sites (N-methyl/N-ethyl adjacent to an activating group) is 1. The highest BCUT2D eigenvalue weighted by Gasteiger charge is 2.17. The van der Waals surface area contributed by atoms with E-state index in [2.05, 4.69) is 0 Å². The van der Waals surface area contributed by atoms with E-state index >= 15 is 0 Å². The third-order valence-electron chi connectivity index (χ3n) is 1.78. The number of hydrogen-bond acceptors (Lipinski definition) is 3. The number of Topliss-reactive ketones (excluding diaryl/α,β-unsaturated/α-hetero) is 1. The average molecular weight is 179 g/mol. The van der Waals surface area contributed by atoms with Crippen LogP contribution in [0.15, 0.2) is 30.3 Å². The molecule has 0 spiro atoms. The number of ketones is 1. The Balaban J connectivity index is 2.80. The number of nitrogens with zero attached hydrogens (tertiary/aromatic N) is 1. The van der Waals surface area contributed by atoms with Gasteiger partial charge in [0, 0.05) is 5.56 Å². The largest absolute Gasteiger partial charge is 0.371 e. The van der Waals surface area contributed by atoms with Gasteiger partial charge in [0.15, 0.2) is 6.23 Å². The molecule has 1 atom stereocenters. The fourth-order valence-electron chi connectivity index (χ4n) is 0.986. The Bertz CT molecular complexity index is 282. The molecule has 0 saturated heterocycles. The lowest BCUT2D eigenvalue weighted by atomic mass is 10.1. The molecule has 0 aliphatic carbocycles. The zero-order valence-electron chi connectivity index (χ0n) is 7.77. The first-order chi connectivity index (χ1) is 6.13. The van der Waals surface area contributed by atoms with Crippen molar-refractivity contribution in [3.63, 3.8) is 0 Å². The van der Waals surface area contributed by atoms with E-state index in [1.165, 1.54) is 4.90 Å². The summed E-state index contributed by atoms with van der Waals surface area (Å²) in [7, 11) is 3.32. The van der Waals surface area contributed by atoms with Crippen molar-refractivity contribution in [3.05, 3.63) is 35.9 Å². The van der Waals surface area contributed by atoms with E-state index in [1.54, 1.807) is 38.4 Å². The van der Waals surface area contributed by atoms with Gasteiger partial charge in [-0.3, -0.25) is 9.69 Å².